The van der Waals surface area contributed by atoms with Crippen LogP contribution in [-0.2, 0) is 6.54 Å². The van der Waals surface area contributed by atoms with Crippen molar-refractivity contribution in [3.63, 3.8) is 0 Å². The molecule has 1 rings (SSSR count). The second kappa shape index (κ2) is 5.68. The molecule has 0 amide bonds. The van der Waals surface area contributed by atoms with E-state index >= 15 is 0 Å². The van der Waals surface area contributed by atoms with Gasteiger partial charge in [-0.3, -0.25) is 0 Å². The molecule has 0 unspecified atom stereocenters. The fourth-order valence-corrected chi connectivity index (χ4v) is 1.79. The van der Waals surface area contributed by atoms with Crippen LogP contribution in [0.3, 0.4) is 0 Å². The highest BCUT2D eigenvalue weighted by Gasteiger charge is 1.98. The molecule has 0 heterocycles. The highest BCUT2D eigenvalue weighted by Crippen LogP contribution is 2.27. The molecule has 0 saturated carbocycles. The lowest BCUT2D eigenvalue weighted by atomic mass is 10.1. The summed E-state index contributed by atoms with van der Waals surface area (Å²) in [7, 11) is 0. The molecule has 2 N–H and O–H groups in total. The molecule has 1 aromatic carbocycles. The number of allylic oxidation sites excluding steroid dienone is 1. The molecule has 0 aromatic heterocycles. The van der Waals surface area contributed by atoms with Crippen LogP contribution >= 0.6 is 11.8 Å². The maximum atomic E-state index is 5.53. The number of benzene rings is 1. The molecule has 2 heteroatoms. The summed E-state index contributed by atoms with van der Waals surface area (Å²) in [5.74, 6) is 0. The molecule has 74 valence electrons. The molecule has 0 spiro atoms. The predicted molar refractivity (Wildman–Crippen MR) is 65.8 cm³/mol. The van der Waals surface area contributed by atoms with Gasteiger partial charge in [-0.1, -0.05) is 48.7 Å². The summed E-state index contributed by atoms with van der Waals surface area (Å²) in [5, 5.41) is 1.84. The van der Waals surface area contributed by atoms with Gasteiger partial charge in [0.15, 0.2) is 0 Å². The Balaban J connectivity index is 2.89. The van der Waals surface area contributed by atoms with E-state index in [1.54, 1.807) is 11.8 Å². The molecule has 0 aliphatic rings. The van der Waals surface area contributed by atoms with Crippen molar-refractivity contribution in [3.8, 4) is 0 Å². The van der Waals surface area contributed by atoms with Gasteiger partial charge in [-0.05, 0) is 23.5 Å². The third-order valence-corrected chi connectivity index (χ3v) is 2.84. The van der Waals surface area contributed by atoms with Crippen molar-refractivity contribution in [1.29, 1.82) is 0 Å². The van der Waals surface area contributed by atoms with Gasteiger partial charge in [0.05, 0.1) is 0 Å². The van der Waals surface area contributed by atoms with Crippen LogP contribution in [0.2, 0.25) is 0 Å². The Labute approximate surface area is 89.7 Å². The molecular formula is C12H15NS. The second-order valence-corrected chi connectivity index (χ2v) is 3.85. The minimum absolute atomic E-state index is 0.597. The van der Waals surface area contributed by atoms with Crippen LogP contribution in [0.15, 0.2) is 42.3 Å². The lowest BCUT2D eigenvalue weighted by Gasteiger charge is -2.04. The first kappa shape index (κ1) is 11.1. The summed E-state index contributed by atoms with van der Waals surface area (Å²) in [6.45, 7) is 6.34. The van der Waals surface area contributed by atoms with E-state index in [0.29, 0.717) is 6.54 Å². The van der Waals surface area contributed by atoms with E-state index in [-0.39, 0.29) is 0 Å². The van der Waals surface area contributed by atoms with Crippen LogP contribution in [0.25, 0.3) is 4.91 Å². The van der Waals surface area contributed by atoms with Gasteiger partial charge in [0.1, 0.15) is 0 Å². The Morgan fingerprint density at radius 3 is 2.50 bits per heavy atom. The molecule has 0 fully saturated rings. The van der Waals surface area contributed by atoms with Crippen LogP contribution < -0.4 is 5.73 Å². The smallest absolute Gasteiger partial charge is 0.0178 e. The van der Waals surface area contributed by atoms with Crippen molar-refractivity contribution < 1.29 is 0 Å². The fourth-order valence-electron chi connectivity index (χ4n) is 1.20. The Morgan fingerprint density at radius 1 is 1.43 bits per heavy atom. The van der Waals surface area contributed by atoms with Crippen molar-refractivity contribution >= 4 is 16.7 Å². The Kier molecular flexibility index (Phi) is 4.50. The molecule has 0 aliphatic heterocycles. The topological polar surface area (TPSA) is 26.0 Å². The maximum absolute atomic E-state index is 5.53. The predicted octanol–water partition coefficient (Wildman–Crippen LogP) is 3.38. The van der Waals surface area contributed by atoms with E-state index in [2.05, 4.69) is 36.9 Å². The van der Waals surface area contributed by atoms with Gasteiger partial charge < -0.3 is 5.73 Å². The number of rotatable bonds is 4. The zero-order valence-corrected chi connectivity index (χ0v) is 9.18. The molecule has 0 aliphatic carbocycles. The third kappa shape index (κ3) is 2.76. The average Bonchev–Trinajstić information content (AvgIpc) is 2.26. The summed E-state index contributed by atoms with van der Waals surface area (Å²) in [4.78, 5) is 1.23. The van der Waals surface area contributed by atoms with Gasteiger partial charge in [0.25, 0.3) is 0 Å². The first-order chi connectivity index (χ1) is 6.81. The summed E-state index contributed by atoms with van der Waals surface area (Å²) in [6.07, 6.45) is 2.09. The van der Waals surface area contributed by atoms with Gasteiger partial charge in [0, 0.05) is 11.4 Å². The molecule has 1 nitrogen and oxygen atoms in total. The molecule has 0 radical (unpaired) electrons. The maximum Gasteiger partial charge on any atom is 0.0178 e. The monoisotopic (exact) mass is 205 g/mol. The quantitative estimate of drug-likeness (QED) is 0.815. The summed E-state index contributed by atoms with van der Waals surface area (Å²) in [6, 6.07) is 8.30. The summed E-state index contributed by atoms with van der Waals surface area (Å²) >= 11 is 1.64. The molecule has 0 bridgehead atoms. The minimum atomic E-state index is 0.597. The average molecular weight is 205 g/mol. The van der Waals surface area contributed by atoms with E-state index in [4.69, 9.17) is 5.73 Å². The Hall–Kier alpha value is -0.990. The van der Waals surface area contributed by atoms with Crippen molar-refractivity contribution in [1.82, 2.24) is 0 Å². The molecule has 14 heavy (non-hydrogen) atoms. The van der Waals surface area contributed by atoms with E-state index in [0.717, 1.165) is 5.56 Å². The van der Waals surface area contributed by atoms with Crippen LogP contribution in [0.4, 0.5) is 0 Å². The zero-order valence-electron chi connectivity index (χ0n) is 8.36. The van der Waals surface area contributed by atoms with Gasteiger partial charge in [-0.15, -0.1) is 0 Å². The summed E-state index contributed by atoms with van der Waals surface area (Å²) < 4.78 is 0. The van der Waals surface area contributed by atoms with E-state index < -0.39 is 0 Å². The van der Waals surface area contributed by atoms with Crippen molar-refractivity contribution in [2.24, 2.45) is 5.73 Å². The molecule has 0 atom stereocenters. The first-order valence-corrected chi connectivity index (χ1v) is 5.43. The second-order valence-electron chi connectivity index (χ2n) is 2.84. The lowest BCUT2D eigenvalue weighted by Crippen LogP contribution is -1.95. The molecule has 0 saturated heterocycles. The van der Waals surface area contributed by atoms with Crippen LogP contribution in [0.5, 0.6) is 0 Å². The summed E-state index contributed by atoms with van der Waals surface area (Å²) in [5.41, 5.74) is 7.91. The highest BCUT2D eigenvalue weighted by atomic mass is 32.2. The zero-order chi connectivity index (χ0) is 10.4. The van der Waals surface area contributed by atoms with Crippen LogP contribution in [0.1, 0.15) is 18.1 Å². The third-order valence-electron chi connectivity index (χ3n) is 1.95. The number of hydrogen-bond donors (Lipinski definition) is 1. The van der Waals surface area contributed by atoms with Gasteiger partial charge in [-0.25, -0.2) is 0 Å². The Morgan fingerprint density at radius 2 is 2.07 bits per heavy atom. The van der Waals surface area contributed by atoms with Crippen molar-refractivity contribution in [2.75, 3.05) is 0 Å². The normalized spacial score (nSPS) is 11.4. The van der Waals surface area contributed by atoms with E-state index in [9.17, 15) is 0 Å². The van der Waals surface area contributed by atoms with Crippen molar-refractivity contribution in [3.05, 3.63) is 53.5 Å². The molecule has 1 aromatic rings. The van der Waals surface area contributed by atoms with Crippen LogP contribution in [0, 0.1) is 0 Å². The lowest BCUT2D eigenvalue weighted by molar-refractivity contribution is 1.07. The van der Waals surface area contributed by atoms with Gasteiger partial charge in [-0.2, -0.15) is 0 Å². The largest absolute Gasteiger partial charge is 0.326 e. The first-order valence-electron chi connectivity index (χ1n) is 4.55. The Bertz CT molecular complexity index is 325. The van der Waals surface area contributed by atoms with E-state index in [1.807, 2.05) is 12.3 Å². The van der Waals surface area contributed by atoms with E-state index in [1.165, 1.54) is 10.5 Å². The van der Waals surface area contributed by atoms with Crippen molar-refractivity contribution in [2.45, 2.75) is 13.5 Å². The fraction of sp³-hybridized carbons (Fsp3) is 0.167. The highest BCUT2D eigenvalue weighted by molar-refractivity contribution is 8.10. The van der Waals surface area contributed by atoms with Gasteiger partial charge in [0.2, 0.25) is 0 Å². The van der Waals surface area contributed by atoms with Crippen LogP contribution in [-0.4, -0.2) is 0 Å². The molecular weight excluding hydrogens is 190 g/mol. The van der Waals surface area contributed by atoms with Gasteiger partial charge >= 0.3 is 0 Å². The standard InChI is InChI=1S/C12H15NS/c1-3-12(14-4-2)11-7-5-10(9-13)6-8-11/h3-8H,2,9,13H2,1H3/b12-3+. The number of thioether (sulfide) groups is 1. The SMILES string of the molecule is C=CS/C(=C/C)c1ccc(CN)cc1. The minimum Gasteiger partial charge on any atom is -0.326 e. The number of hydrogen-bond acceptors (Lipinski definition) is 2. The number of nitrogens with two attached hydrogens (primary N) is 1.